The summed E-state index contributed by atoms with van der Waals surface area (Å²) in [5.41, 5.74) is 2.50. The molecule has 10 heteroatoms. The first-order valence-electron chi connectivity index (χ1n) is 14.9. The number of likely N-dealkylation sites (tertiary alicyclic amines) is 1. The van der Waals surface area contributed by atoms with Gasteiger partial charge in [-0.1, -0.05) is 38.1 Å². The molecule has 1 amide bonds. The van der Waals surface area contributed by atoms with E-state index in [2.05, 4.69) is 23.7 Å². The highest BCUT2D eigenvalue weighted by Crippen LogP contribution is 2.37. The Morgan fingerprint density at radius 1 is 0.977 bits per heavy atom. The molecule has 3 heterocycles. The van der Waals surface area contributed by atoms with E-state index in [0.29, 0.717) is 37.5 Å². The lowest BCUT2D eigenvalue weighted by Crippen LogP contribution is -2.50. The van der Waals surface area contributed by atoms with Crippen molar-refractivity contribution >= 4 is 22.9 Å². The number of piperidine rings is 1. The largest absolute Gasteiger partial charge is 0.497 e. The number of methoxy groups -OCH3 is 2. The number of rotatable bonds is 8. The maximum Gasteiger partial charge on any atom is 0.410 e. The smallest absolute Gasteiger partial charge is 0.410 e. The molecule has 5 rings (SSSR count). The number of ether oxygens (including phenoxy) is 3. The summed E-state index contributed by atoms with van der Waals surface area (Å²) < 4.78 is 18.2. The number of benzene rings is 2. The van der Waals surface area contributed by atoms with Crippen molar-refractivity contribution < 1.29 is 19.0 Å². The number of carbonyl (C=O) groups is 1. The van der Waals surface area contributed by atoms with Gasteiger partial charge in [-0.2, -0.15) is 0 Å². The van der Waals surface area contributed by atoms with Crippen LogP contribution in [0.2, 0.25) is 0 Å². The zero-order valence-electron chi connectivity index (χ0n) is 26.7. The standard InChI is InChI=1S/C34H43N5O5/c1-33(2,3)44-32(41)38-21-25(18-34(4,5)22-38)39-28-16-17-35-30(29(28)36-31(39)40)37(19-23-8-12-26(42-6)13-9-23)20-24-10-14-27(43-7)15-11-24/h8-17,25H,18-22H2,1-7H3,(H,36,40)/t25-/m0/s1. The highest BCUT2D eigenvalue weighted by atomic mass is 16.6. The van der Waals surface area contributed by atoms with Gasteiger partial charge in [0.2, 0.25) is 0 Å². The number of hydrogen-bond donors (Lipinski definition) is 1. The molecule has 2 aromatic carbocycles. The minimum atomic E-state index is -0.608. The van der Waals surface area contributed by atoms with Gasteiger partial charge in [0.25, 0.3) is 0 Å². The number of carbonyl (C=O) groups excluding carboxylic acids is 1. The molecule has 0 bridgehead atoms. The molecular formula is C34H43N5O5. The third-order valence-electron chi connectivity index (χ3n) is 7.84. The molecule has 0 unspecified atom stereocenters. The normalized spacial score (nSPS) is 16.5. The minimum Gasteiger partial charge on any atom is -0.497 e. The highest BCUT2D eigenvalue weighted by Gasteiger charge is 2.38. The van der Waals surface area contributed by atoms with Crippen molar-refractivity contribution in [3.05, 3.63) is 82.4 Å². The topological polar surface area (TPSA) is 102 Å². The second-order valence-corrected chi connectivity index (χ2v) is 13.3. The fraction of sp³-hybridized carbons (Fsp3) is 0.441. The van der Waals surface area contributed by atoms with E-state index in [4.69, 9.17) is 19.2 Å². The van der Waals surface area contributed by atoms with E-state index in [1.165, 1.54) is 0 Å². The molecule has 1 fully saturated rings. The van der Waals surface area contributed by atoms with Gasteiger partial charge in [0, 0.05) is 32.4 Å². The number of nitrogens with one attached hydrogen (secondary N) is 1. The molecule has 1 aliphatic rings. The van der Waals surface area contributed by atoms with E-state index < -0.39 is 5.60 Å². The van der Waals surface area contributed by atoms with Crippen LogP contribution in [-0.2, 0) is 17.8 Å². The van der Waals surface area contributed by atoms with Crippen molar-refractivity contribution in [2.45, 2.75) is 65.8 Å². The molecular weight excluding hydrogens is 558 g/mol. The van der Waals surface area contributed by atoms with Gasteiger partial charge in [0.05, 0.1) is 25.8 Å². The number of anilines is 1. The zero-order chi connectivity index (χ0) is 31.6. The number of amides is 1. The molecule has 44 heavy (non-hydrogen) atoms. The maximum atomic E-state index is 13.7. The molecule has 4 aromatic rings. The van der Waals surface area contributed by atoms with Crippen molar-refractivity contribution in [2.24, 2.45) is 5.41 Å². The molecule has 234 valence electrons. The molecule has 0 saturated carbocycles. The molecule has 2 aromatic heterocycles. The summed E-state index contributed by atoms with van der Waals surface area (Å²) in [4.78, 5) is 38.6. The lowest BCUT2D eigenvalue weighted by Gasteiger charge is -2.43. The Morgan fingerprint density at radius 2 is 1.55 bits per heavy atom. The number of hydrogen-bond acceptors (Lipinski definition) is 7. The predicted molar refractivity (Wildman–Crippen MR) is 171 cm³/mol. The number of nitrogens with zero attached hydrogens (tertiary/aromatic N) is 4. The Morgan fingerprint density at radius 3 is 2.07 bits per heavy atom. The van der Waals surface area contributed by atoms with E-state index in [9.17, 15) is 9.59 Å². The fourth-order valence-electron chi connectivity index (χ4n) is 5.99. The predicted octanol–water partition coefficient (Wildman–Crippen LogP) is 6.16. The van der Waals surface area contributed by atoms with E-state index in [1.54, 1.807) is 29.9 Å². The van der Waals surface area contributed by atoms with Crippen molar-refractivity contribution in [3.8, 4) is 11.5 Å². The Kier molecular flexibility index (Phi) is 8.63. The molecule has 1 aliphatic heterocycles. The van der Waals surface area contributed by atoms with Gasteiger partial charge in [-0.3, -0.25) is 4.57 Å². The number of H-pyrrole nitrogens is 1. The summed E-state index contributed by atoms with van der Waals surface area (Å²) in [6.07, 6.45) is 2.12. The molecule has 0 aliphatic carbocycles. The van der Waals surface area contributed by atoms with E-state index in [-0.39, 0.29) is 23.2 Å². The van der Waals surface area contributed by atoms with Crippen LogP contribution in [-0.4, -0.2) is 58.4 Å². The summed E-state index contributed by atoms with van der Waals surface area (Å²) in [5, 5.41) is 0. The third kappa shape index (κ3) is 7.01. The first-order valence-corrected chi connectivity index (χ1v) is 14.9. The molecule has 1 atom stereocenters. The number of pyridine rings is 1. The number of imidazole rings is 1. The summed E-state index contributed by atoms with van der Waals surface area (Å²) in [5.74, 6) is 2.24. The second kappa shape index (κ2) is 12.3. The summed E-state index contributed by atoms with van der Waals surface area (Å²) in [6.45, 7) is 11.9. The molecule has 1 saturated heterocycles. The van der Waals surface area contributed by atoms with Gasteiger partial charge >= 0.3 is 11.8 Å². The quantitative estimate of drug-likeness (QED) is 0.258. The van der Waals surface area contributed by atoms with Crippen LogP contribution in [0.25, 0.3) is 11.0 Å². The summed E-state index contributed by atoms with van der Waals surface area (Å²) in [7, 11) is 3.30. The number of aromatic nitrogens is 3. The molecule has 0 spiro atoms. The Hall–Kier alpha value is -4.47. The summed E-state index contributed by atoms with van der Waals surface area (Å²) in [6, 6.07) is 17.5. The first-order chi connectivity index (χ1) is 20.9. The van der Waals surface area contributed by atoms with Crippen molar-refractivity contribution in [1.29, 1.82) is 0 Å². The average molecular weight is 602 g/mol. The van der Waals surface area contributed by atoms with Crippen LogP contribution in [0.5, 0.6) is 11.5 Å². The van der Waals surface area contributed by atoms with Crippen molar-refractivity contribution in [2.75, 3.05) is 32.2 Å². The average Bonchev–Trinajstić information content (AvgIpc) is 3.31. The van der Waals surface area contributed by atoms with Crippen molar-refractivity contribution in [1.82, 2.24) is 19.4 Å². The maximum absolute atomic E-state index is 13.7. The molecule has 0 radical (unpaired) electrons. The monoisotopic (exact) mass is 601 g/mol. The Labute approximate surface area is 258 Å². The Balaban J connectivity index is 1.53. The van der Waals surface area contributed by atoms with Crippen LogP contribution in [0.15, 0.2) is 65.6 Å². The van der Waals surface area contributed by atoms with Gasteiger partial charge in [-0.15, -0.1) is 0 Å². The fourth-order valence-corrected chi connectivity index (χ4v) is 5.99. The highest BCUT2D eigenvalue weighted by molar-refractivity contribution is 5.86. The van der Waals surface area contributed by atoms with Crippen LogP contribution in [0.4, 0.5) is 10.6 Å². The van der Waals surface area contributed by atoms with E-state index in [1.807, 2.05) is 75.4 Å². The van der Waals surface area contributed by atoms with Crippen molar-refractivity contribution in [3.63, 3.8) is 0 Å². The van der Waals surface area contributed by atoms with Crippen LogP contribution in [0.1, 0.15) is 58.2 Å². The first kappa shape index (κ1) is 31.0. The minimum absolute atomic E-state index is 0.215. The Bertz CT molecular complexity index is 1600. The van der Waals surface area contributed by atoms with Crippen LogP contribution in [0.3, 0.4) is 0 Å². The number of fused-ring (bicyclic) bond motifs is 1. The molecule has 1 N–H and O–H groups in total. The lowest BCUT2D eigenvalue weighted by molar-refractivity contribution is 0.000436. The second-order valence-electron chi connectivity index (χ2n) is 13.3. The van der Waals surface area contributed by atoms with Gasteiger partial charge in [0.1, 0.15) is 22.6 Å². The number of aromatic amines is 1. The third-order valence-corrected chi connectivity index (χ3v) is 7.84. The van der Waals surface area contributed by atoms with E-state index in [0.717, 1.165) is 34.6 Å². The van der Waals surface area contributed by atoms with Gasteiger partial charge in [0.15, 0.2) is 5.82 Å². The van der Waals surface area contributed by atoms with Gasteiger partial charge < -0.3 is 29.0 Å². The van der Waals surface area contributed by atoms with Gasteiger partial charge in [-0.25, -0.2) is 14.6 Å². The van der Waals surface area contributed by atoms with E-state index >= 15 is 0 Å². The summed E-state index contributed by atoms with van der Waals surface area (Å²) >= 11 is 0. The van der Waals surface area contributed by atoms with Crippen LogP contribution >= 0.6 is 0 Å². The zero-order valence-corrected chi connectivity index (χ0v) is 26.7. The van der Waals surface area contributed by atoms with Gasteiger partial charge in [-0.05, 0) is 74.1 Å². The SMILES string of the molecule is COc1ccc(CN(Cc2ccc(OC)cc2)c2nccc3c2[nH]c(=O)n3[C@@H]2CN(C(=O)OC(C)(C)C)CC(C)(C)C2)cc1. The van der Waals surface area contributed by atoms with Crippen LogP contribution < -0.4 is 20.1 Å². The van der Waals surface area contributed by atoms with Crippen LogP contribution in [0, 0.1) is 5.41 Å². The molecule has 10 nitrogen and oxygen atoms in total. The lowest BCUT2D eigenvalue weighted by atomic mass is 9.81.